The molecule has 2 fully saturated rings. The number of rotatable bonds is 3. The van der Waals surface area contributed by atoms with Gasteiger partial charge in [0, 0.05) is 30.6 Å². The number of aromatic nitrogens is 1. The van der Waals surface area contributed by atoms with Gasteiger partial charge in [-0.05, 0) is 25.0 Å². The van der Waals surface area contributed by atoms with Crippen LogP contribution in [0.4, 0.5) is 13.2 Å². The molecule has 152 valence electrons. The second-order valence-corrected chi connectivity index (χ2v) is 7.16. The number of carboxylic acids is 1. The largest absolute Gasteiger partial charge is 0.490 e. The number of furan rings is 1. The summed E-state index contributed by atoms with van der Waals surface area (Å²) in [5.41, 5.74) is 2.31. The minimum Gasteiger partial charge on any atom is -0.475 e. The van der Waals surface area contributed by atoms with Gasteiger partial charge in [0.15, 0.2) is 0 Å². The van der Waals surface area contributed by atoms with Crippen LogP contribution < -0.4 is 0 Å². The normalized spacial score (nSPS) is 21.9. The maximum absolute atomic E-state index is 12.5. The van der Waals surface area contributed by atoms with Crippen molar-refractivity contribution in [2.45, 2.75) is 37.6 Å². The Hall–Kier alpha value is -2.40. The standard InChI is InChI=1S/C15H17N3O2S.C2HF3O2/c19-15(12-9-21-10-16-12)18-6-4-13-14(18)3-5-17(13)8-11-2-1-7-20-11;3-2(4,5)1(6)7/h1-2,7,9-10,13-14H,3-6,8H2;(H,6,7)/t13-,14+;/m1./s1. The predicted molar refractivity (Wildman–Crippen MR) is 92.8 cm³/mol. The van der Waals surface area contributed by atoms with Crippen LogP contribution in [0.2, 0.25) is 0 Å². The molecule has 1 N–H and O–H groups in total. The fraction of sp³-hybridized carbons (Fsp3) is 0.471. The van der Waals surface area contributed by atoms with E-state index in [4.69, 9.17) is 14.3 Å². The topological polar surface area (TPSA) is 86.9 Å². The van der Waals surface area contributed by atoms with E-state index in [1.807, 2.05) is 22.4 Å². The van der Waals surface area contributed by atoms with Gasteiger partial charge in [0.2, 0.25) is 0 Å². The van der Waals surface area contributed by atoms with E-state index in [1.165, 1.54) is 11.3 Å². The van der Waals surface area contributed by atoms with Gasteiger partial charge in [-0.3, -0.25) is 9.69 Å². The predicted octanol–water partition coefficient (Wildman–Crippen LogP) is 2.86. The zero-order valence-electron chi connectivity index (χ0n) is 14.6. The summed E-state index contributed by atoms with van der Waals surface area (Å²) in [5.74, 6) is -1.67. The van der Waals surface area contributed by atoms with Crippen LogP contribution in [-0.2, 0) is 11.3 Å². The number of thiazole rings is 1. The first-order valence-corrected chi connectivity index (χ1v) is 9.47. The number of fused-ring (bicyclic) bond motifs is 1. The van der Waals surface area contributed by atoms with E-state index in [-0.39, 0.29) is 5.91 Å². The Morgan fingerprint density at radius 1 is 1.29 bits per heavy atom. The molecule has 11 heteroatoms. The summed E-state index contributed by atoms with van der Waals surface area (Å²) < 4.78 is 37.2. The summed E-state index contributed by atoms with van der Waals surface area (Å²) in [6, 6.07) is 4.72. The molecule has 2 aliphatic heterocycles. The Morgan fingerprint density at radius 2 is 2.00 bits per heavy atom. The van der Waals surface area contributed by atoms with Crippen molar-refractivity contribution in [3.05, 3.63) is 40.7 Å². The molecule has 0 aromatic carbocycles. The number of halogens is 3. The van der Waals surface area contributed by atoms with E-state index < -0.39 is 12.1 Å². The first-order chi connectivity index (χ1) is 13.3. The van der Waals surface area contributed by atoms with Gasteiger partial charge in [-0.15, -0.1) is 11.3 Å². The Morgan fingerprint density at radius 3 is 2.57 bits per heavy atom. The minimum atomic E-state index is -5.08. The number of aliphatic carboxylic acids is 1. The molecule has 2 saturated heterocycles. The van der Waals surface area contributed by atoms with Crippen LogP contribution >= 0.6 is 11.3 Å². The lowest BCUT2D eigenvalue weighted by Gasteiger charge is -2.24. The summed E-state index contributed by atoms with van der Waals surface area (Å²) in [4.78, 5) is 30.0. The van der Waals surface area contributed by atoms with E-state index in [0.29, 0.717) is 17.8 Å². The molecule has 0 unspecified atom stereocenters. The van der Waals surface area contributed by atoms with Gasteiger partial charge in [-0.2, -0.15) is 13.2 Å². The molecule has 2 aliphatic rings. The van der Waals surface area contributed by atoms with Crippen molar-refractivity contribution in [2.24, 2.45) is 0 Å². The average molecular weight is 417 g/mol. The first kappa shape index (κ1) is 20.3. The van der Waals surface area contributed by atoms with Crippen molar-refractivity contribution in [1.82, 2.24) is 14.8 Å². The number of hydrogen-bond donors (Lipinski definition) is 1. The van der Waals surface area contributed by atoms with Crippen molar-refractivity contribution in [1.29, 1.82) is 0 Å². The molecule has 4 heterocycles. The highest BCUT2D eigenvalue weighted by molar-refractivity contribution is 7.07. The number of carbonyl (C=O) groups excluding carboxylic acids is 1. The van der Waals surface area contributed by atoms with Crippen LogP contribution in [0.15, 0.2) is 33.7 Å². The second kappa shape index (κ2) is 8.31. The van der Waals surface area contributed by atoms with Gasteiger partial charge in [0.25, 0.3) is 5.91 Å². The number of amides is 1. The van der Waals surface area contributed by atoms with Gasteiger partial charge >= 0.3 is 12.1 Å². The number of alkyl halides is 3. The zero-order chi connectivity index (χ0) is 20.3. The number of carboxylic acid groups (broad SMARTS) is 1. The van der Waals surface area contributed by atoms with Crippen molar-refractivity contribution in [3.8, 4) is 0 Å². The summed E-state index contributed by atoms with van der Waals surface area (Å²) in [7, 11) is 0. The van der Waals surface area contributed by atoms with Crippen LogP contribution in [0.25, 0.3) is 0 Å². The van der Waals surface area contributed by atoms with Gasteiger partial charge in [-0.25, -0.2) is 9.78 Å². The number of likely N-dealkylation sites (tertiary alicyclic amines) is 2. The maximum atomic E-state index is 12.5. The van der Waals surface area contributed by atoms with Gasteiger partial charge in [0.1, 0.15) is 11.5 Å². The Bertz CT molecular complexity index is 795. The molecule has 28 heavy (non-hydrogen) atoms. The summed E-state index contributed by atoms with van der Waals surface area (Å²) in [6.45, 7) is 2.70. The highest BCUT2D eigenvalue weighted by Crippen LogP contribution is 2.33. The lowest BCUT2D eigenvalue weighted by molar-refractivity contribution is -0.192. The van der Waals surface area contributed by atoms with Gasteiger partial charge < -0.3 is 14.4 Å². The Balaban J connectivity index is 0.000000279. The molecule has 1 amide bonds. The van der Waals surface area contributed by atoms with Gasteiger partial charge in [-0.1, -0.05) is 0 Å². The Labute approximate surface area is 162 Å². The summed E-state index contributed by atoms with van der Waals surface area (Å²) >= 11 is 1.47. The number of carbonyl (C=O) groups is 2. The molecule has 2 atom stereocenters. The van der Waals surface area contributed by atoms with Crippen LogP contribution in [0, 0.1) is 0 Å². The third-order valence-electron chi connectivity index (χ3n) is 4.79. The highest BCUT2D eigenvalue weighted by Gasteiger charge is 2.44. The van der Waals surface area contributed by atoms with Crippen molar-refractivity contribution in [2.75, 3.05) is 13.1 Å². The smallest absolute Gasteiger partial charge is 0.475 e. The van der Waals surface area contributed by atoms with Crippen molar-refractivity contribution < 1.29 is 32.3 Å². The highest BCUT2D eigenvalue weighted by atomic mass is 32.1. The van der Waals surface area contributed by atoms with Crippen LogP contribution in [0.5, 0.6) is 0 Å². The fourth-order valence-electron chi connectivity index (χ4n) is 3.59. The minimum absolute atomic E-state index is 0.0867. The van der Waals surface area contributed by atoms with Crippen molar-refractivity contribution in [3.63, 3.8) is 0 Å². The molecular weight excluding hydrogens is 399 g/mol. The third kappa shape index (κ3) is 4.53. The van der Waals surface area contributed by atoms with E-state index in [9.17, 15) is 18.0 Å². The van der Waals surface area contributed by atoms with E-state index in [1.54, 1.807) is 11.8 Å². The second-order valence-electron chi connectivity index (χ2n) is 6.44. The first-order valence-electron chi connectivity index (χ1n) is 8.53. The van der Waals surface area contributed by atoms with E-state index >= 15 is 0 Å². The average Bonchev–Trinajstić information content (AvgIpc) is 3.42. The van der Waals surface area contributed by atoms with Crippen molar-refractivity contribution >= 4 is 23.2 Å². The summed E-state index contributed by atoms with van der Waals surface area (Å²) in [5, 5.41) is 8.96. The van der Waals surface area contributed by atoms with Crippen LogP contribution in [0.3, 0.4) is 0 Å². The summed E-state index contributed by atoms with van der Waals surface area (Å²) in [6.07, 6.45) is -1.28. The third-order valence-corrected chi connectivity index (χ3v) is 5.37. The molecule has 2 aromatic heterocycles. The van der Waals surface area contributed by atoms with Gasteiger partial charge in [0.05, 0.1) is 18.3 Å². The Kier molecular flexibility index (Phi) is 6.04. The molecule has 0 aliphatic carbocycles. The van der Waals surface area contributed by atoms with E-state index in [2.05, 4.69) is 9.88 Å². The molecular formula is C17H18F3N3O4S. The van der Waals surface area contributed by atoms with Crippen LogP contribution in [-0.4, -0.2) is 63.1 Å². The molecule has 7 nitrogen and oxygen atoms in total. The molecule has 0 saturated carbocycles. The monoisotopic (exact) mass is 417 g/mol. The lowest BCUT2D eigenvalue weighted by Crippen LogP contribution is -2.39. The molecule has 0 radical (unpaired) electrons. The SMILES string of the molecule is O=C(O)C(F)(F)F.O=C(c1cscn1)N1CC[C@@H]2[C@@H]1CCN2Cc1ccco1. The lowest BCUT2D eigenvalue weighted by atomic mass is 10.1. The number of nitrogens with zero attached hydrogens (tertiary/aromatic N) is 3. The number of hydrogen-bond acceptors (Lipinski definition) is 6. The molecule has 4 rings (SSSR count). The quantitative estimate of drug-likeness (QED) is 0.827. The molecule has 0 bridgehead atoms. The van der Waals surface area contributed by atoms with Crippen LogP contribution in [0.1, 0.15) is 29.1 Å². The fourth-order valence-corrected chi connectivity index (χ4v) is 4.12. The maximum Gasteiger partial charge on any atom is 0.490 e. The molecule has 0 spiro atoms. The van der Waals surface area contributed by atoms with E-state index in [0.717, 1.165) is 38.2 Å². The molecule has 2 aromatic rings. The zero-order valence-corrected chi connectivity index (χ0v) is 15.4.